The van der Waals surface area contributed by atoms with Crippen molar-refractivity contribution in [2.75, 3.05) is 31.5 Å². The SMILES string of the molecule is CC(C)Oc1cc(-c2ccc3nc(Nc4cc(CN5CCN(C(=O)OC(C)(C)C)CC5)ccn4)[nH]c3c2)ncn1. The summed E-state index contributed by atoms with van der Waals surface area (Å²) in [5, 5.41) is 3.29. The van der Waals surface area contributed by atoms with Gasteiger partial charge in [-0.15, -0.1) is 0 Å². The molecule has 4 aromatic rings. The Hall–Kier alpha value is -4.25. The number of fused-ring (bicyclic) bond motifs is 1. The number of anilines is 2. The predicted octanol–water partition coefficient (Wildman–Crippen LogP) is 5.00. The Morgan fingerprint density at radius 2 is 1.85 bits per heavy atom. The third-order valence-electron chi connectivity index (χ3n) is 6.28. The van der Waals surface area contributed by atoms with E-state index in [0.717, 1.165) is 47.5 Å². The standard InChI is InChI=1S/C29H36N8O3/c1-19(2)39-26-16-23(31-18-32-26)21-6-7-22-24(15-21)34-27(33-22)35-25-14-20(8-9-30-25)17-36-10-12-37(13-11-36)28(38)40-29(3,4)5/h6-9,14-16,18-19H,10-13,17H2,1-5H3,(H2,30,33,34,35). The zero-order chi connectivity index (χ0) is 28.3. The van der Waals surface area contributed by atoms with Gasteiger partial charge >= 0.3 is 6.09 Å². The number of nitrogens with one attached hydrogen (secondary N) is 2. The summed E-state index contributed by atoms with van der Waals surface area (Å²) in [5.41, 5.74) is 4.07. The lowest BCUT2D eigenvalue weighted by molar-refractivity contribution is 0.0139. The van der Waals surface area contributed by atoms with Crippen LogP contribution in [0.1, 0.15) is 40.2 Å². The highest BCUT2D eigenvalue weighted by Gasteiger charge is 2.25. The van der Waals surface area contributed by atoms with E-state index < -0.39 is 5.60 Å². The van der Waals surface area contributed by atoms with Gasteiger partial charge in [-0.05, 0) is 64.4 Å². The van der Waals surface area contributed by atoms with Crippen LogP contribution in [-0.2, 0) is 11.3 Å². The summed E-state index contributed by atoms with van der Waals surface area (Å²) < 4.78 is 11.2. The van der Waals surface area contributed by atoms with E-state index in [1.165, 1.54) is 6.33 Å². The molecule has 1 fully saturated rings. The van der Waals surface area contributed by atoms with E-state index in [-0.39, 0.29) is 12.2 Å². The van der Waals surface area contributed by atoms with E-state index in [9.17, 15) is 4.79 Å². The van der Waals surface area contributed by atoms with Gasteiger partial charge < -0.3 is 24.7 Å². The highest BCUT2D eigenvalue weighted by Crippen LogP contribution is 2.26. The van der Waals surface area contributed by atoms with Crippen LogP contribution in [0, 0.1) is 0 Å². The van der Waals surface area contributed by atoms with Crippen molar-refractivity contribution in [1.29, 1.82) is 0 Å². The minimum absolute atomic E-state index is 0.0351. The Kier molecular flexibility index (Phi) is 7.83. The summed E-state index contributed by atoms with van der Waals surface area (Å²) in [4.78, 5) is 37.5. The fourth-order valence-electron chi connectivity index (χ4n) is 4.47. The predicted molar refractivity (Wildman–Crippen MR) is 153 cm³/mol. The van der Waals surface area contributed by atoms with Crippen molar-refractivity contribution in [3.05, 3.63) is 54.5 Å². The molecule has 1 aliphatic heterocycles. The van der Waals surface area contributed by atoms with Crippen LogP contribution in [0.3, 0.4) is 0 Å². The maximum atomic E-state index is 12.3. The van der Waals surface area contributed by atoms with Gasteiger partial charge in [0, 0.05) is 50.6 Å². The largest absolute Gasteiger partial charge is 0.475 e. The van der Waals surface area contributed by atoms with Gasteiger partial charge in [-0.25, -0.2) is 24.7 Å². The molecule has 2 N–H and O–H groups in total. The second-order valence-corrected chi connectivity index (χ2v) is 11.1. The monoisotopic (exact) mass is 544 g/mol. The molecule has 5 rings (SSSR count). The molecule has 0 spiro atoms. The van der Waals surface area contributed by atoms with Crippen molar-refractivity contribution in [3.8, 4) is 17.1 Å². The fraction of sp³-hybridized carbons (Fsp3) is 0.414. The van der Waals surface area contributed by atoms with Crippen LogP contribution < -0.4 is 10.1 Å². The van der Waals surface area contributed by atoms with Crippen molar-refractivity contribution >= 4 is 28.9 Å². The highest BCUT2D eigenvalue weighted by molar-refractivity contribution is 5.83. The lowest BCUT2D eigenvalue weighted by Crippen LogP contribution is -2.49. The number of carbonyl (C=O) groups is 1. The van der Waals surface area contributed by atoms with E-state index in [4.69, 9.17) is 9.47 Å². The summed E-state index contributed by atoms with van der Waals surface area (Å²) >= 11 is 0. The number of imidazole rings is 1. The number of amides is 1. The molecule has 0 radical (unpaired) electrons. The average Bonchev–Trinajstić information content (AvgIpc) is 3.29. The third kappa shape index (κ3) is 7.03. The van der Waals surface area contributed by atoms with Gasteiger partial charge in [-0.1, -0.05) is 6.07 Å². The van der Waals surface area contributed by atoms with E-state index >= 15 is 0 Å². The number of aromatic nitrogens is 5. The molecule has 210 valence electrons. The van der Waals surface area contributed by atoms with E-state index in [1.54, 1.807) is 11.1 Å². The van der Waals surface area contributed by atoms with Gasteiger partial charge in [0.1, 0.15) is 17.7 Å². The smallest absolute Gasteiger partial charge is 0.410 e. The summed E-state index contributed by atoms with van der Waals surface area (Å²) in [7, 11) is 0. The number of H-pyrrole nitrogens is 1. The number of hydrogen-bond acceptors (Lipinski definition) is 9. The first-order valence-electron chi connectivity index (χ1n) is 13.5. The first-order valence-corrected chi connectivity index (χ1v) is 13.5. The van der Waals surface area contributed by atoms with Crippen molar-refractivity contribution in [2.24, 2.45) is 0 Å². The van der Waals surface area contributed by atoms with Crippen LogP contribution in [0.4, 0.5) is 16.6 Å². The van der Waals surface area contributed by atoms with Crippen LogP contribution in [0.25, 0.3) is 22.3 Å². The van der Waals surface area contributed by atoms with Crippen LogP contribution in [0.5, 0.6) is 5.88 Å². The second-order valence-electron chi connectivity index (χ2n) is 11.1. The summed E-state index contributed by atoms with van der Waals surface area (Å²) in [6.07, 6.45) is 3.09. The zero-order valence-corrected chi connectivity index (χ0v) is 23.6. The van der Waals surface area contributed by atoms with Crippen molar-refractivity contribution in [1.82, 2.24) is 34.7 Å². The van der Waals surface area contributed by atoms with Crippen LogP contribution in [0.15, 0.2) is 48.9 Å². The lowest BCUT2D eigenvalue weighted by Gasteiger charge is -2.35. The first-order chi connectivity index (χ1) is 19.1. The number of pyridine rings is 1. The molecule has 0 saturated carbocycles. The number of rotatable bonds is 7. The molecule has 40 heavy (non-hydrogen) atoms. The summed E-state index contributed by atoms with van der Waals surface area (Å²) in [5.74, 6) is 1.85. The molecule has 11 heteroatoms. The fourth-order valence-corrected chi connectivity index (χ4v) is 4.47. The first kappa shape index (κ1) is 27.3. The molecule has 3 aromatic heterocycles. The van der Waals surface area contributed by atoms with Gasteiger partial charge in [0.25, 0.3) is 0 Å². The zero-order valence-electron chi connectivity index (χ0n) is 23.6. The number of nitrogens with zero attached hydrogens (tertiary/aromatic N) is 6. The Labute approximate surface area is 234 Å². The molecule has 4 heterocycles. The number of ether oxygens (including phenoxy) is 2. The molecular weight excluding hydrogens is 508 g/mol. The summed E-state index contributed by atoms with van der Waals surface area (Å²) in [6.45, 7) is 13.2. The molecule has 1 aromatic carbocycles. The van der Waals surface area contributed by atoms with Crippen molar-refractivity contribution in [2.45, 2.75) is 52.9 Å². The Bertz CT molecular complexity index is 1470. The van der Waals surface area contributed by atoms with Gasteiger partial charge in [0.2, 0.25) is 11.8 Å². The van der Waals surface area contributed by atoms with Crippen LogP contribution in [-0.4, -0.2) is 78.7 Å². The molecule has 1 amide bonds. The Balaban J connectivity index is 1.21. The topological polar surface area (TPSA) is 121 Å². The minimum atomic E-state index is -0.486. The lowest BCUT2D eigenvalue weighted by atomic mass is 10.1. The van der Waals surface area contributed by atoms with Crippen LogP contribution >= 0.6 is 0 Å². The van der Waals surface area contributed by atoms with Gasteiger partial charge in [0.15, 0.2) is 0 Å². The molecule has 0 aliphatic carbocycles. The van der Waals surface area contributed by atoms with E-state index in [1.807, 2.05) is 71.0 Å². The molecule has 1 saturated heterocycles. The number of benzene rings is 1. The number of piperazine rings is 1. The Morgan fingerprint density at radius 1 is 1.05 bits per heavy atom. The minimum Gasteiger partial charge on any atom is -0.475 e. The van der Waals surface area contributed by atoms with Crippen molar-refractivity contribution < 1.29 is 14.3 Å². The normalized spacial score (nSPS) is 14.5. The van der Waals surface area contributed by atoms with Gasteiger partial charge in [0.05, 0.1) is 22.8 Å². The maximum absolute atomic E-state index is 12.3. The van der Waals surface area contributed by atoms with Crippen LogP contribution in [0.2, 0.25) is 0 Å². The quantitative estimate of drug-likeness (QED) is 0.331. The second kappa shape index (κ2) is 11.5. The molecule has 0 atom stereocenters. The average molecular weight is 545 g/mol. The molecule has 0 unspecified atom stereocenters. The summed E-state index contributed by atoms with van der Waals surface area (Å²) in [6, 6.07) is 11.8. The highest BCUT2D eigenvalue weighted by atomic mass is 16.6. The number of hydrogen-bond donors (Lipinski definition) is 2. The van der Waals surface area contributed by atoms with Gasteiger partial charge in [-0.3, -0.25) is 4.90 Å². The van der Waals surface area contributed by atoms with E-state index in [2.05, 4.69) is 35.1 Å². The number of carbonyl (C=O) groups excluding carboxylic acids is 1. The molecule has 11 nitrogen and oxygen atoms in total. The Morgan fingerprint density at radius 3 is 2.60 bits per heavy atom. The van der Waals surface area contributed by atoms with Gasteiger partial charge in [-0.2, -0.15) is 0 Å². The third-order valence-corrected chi connectivity index (χ3v) is 6.28. The van der Waals surface area contributed by atoms with Crippen molar-refractivity contribution in [3.63, 3.8) is 0 Å². The maximum Gasteiger partial charge on any atom is 0.410 e. The number of aromatic amines is 1. The molecule has 1 aliphatic rings. The molecular formula is C29H36N8O3. The van der Waals surface area contributed by atoms with E-state index in [0.29, 0.717) is 30.7 Å². The molecule has 0 bridgehead atoms.